The molecule has 0 spiro atoms. The van der Waals surface area contributed by atoms with Gasteiger partial charge in [-0.15, -0.1) is 0 Å². The van der Waals surface area contributed by atoms with Gasteiger partial charge in [0.05, 0.1) is 19.3 Å². The molecule has 2 saturated heterocycles. The number of nitriles is 1. The predicted molar refractivity (Wildman–Crippen MR) is 132 cm³/mol. The topological polar surface area (TPSA) is 177 Å². The lowest BCUT2D eigenvalue weighted by Gasteiger charge is -2.34. The number of hydrogen-bond acceptors (Lipinski definition) is 10. The number of piperidine rings is 1. The van der Waals surface area contributed by atoms with E-state index in [0.29, 0.717) is 56.8 Å². The van der Waals surface area contributed by atoms with Crippen LogP contribution in [0.4, 0.5) is 23.3 Å². The fourth-order valence-electron chi connectivity index (χ4n) is 4.12. The third kappa shape index (κ3) is 6.92. The Morgan fingerprint density at radius 3 is 2.81 bits per heavy atom. The second-order valence-electron chi connectivity index (χ2n) is 8.25. The van der Waals surface area contributed by atoms with E-state index in [2.05, 4.69) is 25.5 Å². The molecule has 0 aliphatic carbocycles. The minimum Gasteiger partial charge on any atom is -0.483 e. The SMILES string of the molecule is Cc1c(N[C@@H]2CCCN(C(=O)CC#N)C2)nc(Nc2ccc[nH]c2=O)nc1N1CCOCC1.O=CO. The molecule has 2 aliphatic heterocycles. The van der Waals surface area contributed by atoms with Crippen LogP contribution >= 0.6 is 0 Å². The molecule has 0 aromatic carbocycles. The van der Waals surface area contributed by atoms with Crippen LogP contribution < -0.4 is 21.1 Å². The standard InChI is InChI=1S/C22H28N8O3.CH2O2/c1-15-19(25-16-4-3-9-30(14-16)18(31)6-7-23)27-22(26-17-5-2-8-24-21(17)32)28-20(15)29-10-12-33-13-11-29;2-1-3/h2,5,8,16H,3-4,6,9-14H2,1H3,(H,24,32)(H2,25,26,27,28);1H,(H,2,3)/t16-;/m1./s1. The molecule has 4 rings (SSSR count). The summed E-state index contributed by atoms with van der Waals surface area (Å²) in [6.45, 7) is 5.54. The van der Waals surface area contributed by atoms with E-state index in [1.807, 2.05) is 13.0 Å². The van der Waals surface area contributed by atoms with Crippen LogP contribution in [-0.4, -0.2) is 82.8 Å². The summed E-state index contributed by atoms with van der Waals surface area (Å²) in [4.78, 5) is 48.6. The van der Waals surface area contributed by atoms with Gasteiger partial charge in [-0.2, -0.15) is 15.2 Å². The molecule has 2 fully saturated rings. The first-order valence-electron chi connectivity index (χ1n) is 11.6. The molecule has 4 heterocycles. The van der Waals surface area contributed by atoms with E-state index in [-0.39, 0.29) is 30.4 Å². The van der Waals surface area contributed by atoms with Crippen LogP contribution in [-0.2, 0) is 14.3 Å². The van der Waals surface area contributed by atoms with Gasteiger partial charge < -0.3 is 35.3 Å². The van der Waals surface area contributed by atoms with Gasteiger partial charge in [0, 0.05) is 44.0 Å². The summed E-state index contributed by atoms with van der Waals surface area (Å²) in [6.07, 6.45) is 3.19. The molecule has 0 bridgehead atoms. The normalized spacial score (nSPS) is 17.3. The number of carbonyl (C=O) groups excluding carboxylic acids is 1. The minimum atomic E-state index is -0.261. The number of rotatable bonds is 6. The zero-order valence-corrected chi connectivity index (χ0v) is 20.1. The van der Waals surface area contributed by atoms with Crippen molar-refractivity contribution in [3.63, 3.8) is 0 Å². The molecular formula is C23H30N8O5. The van der Waals surface area contributed by atoms with Crippen LogP contribution in [0, 0.1) is 18.3 Å². The molecule has 192 valence electrons. The molecule has 0 radical (unpaired) electrons. The number of morpholine rings is 1. The average molecular weight is 499 g/mol. The van der Waals surface area contributed by atoms with Gasteiger partial charge >= 0.3 is 0 Å². The molecule has 36 heavy (non-hydrogen) atoms. The molecule has 0 unspecified atom stereocenters. The first-order valence-corrected chi connectivity index (χ1v) is 11.6. The first-order chi connectivity index (χ1) is 17.5. The van der Waals surface area contributed by atoms with Crippen LogP contribution in [0.3, 0.4) is 0 Å². The van der Waals surface area contributed by atoms with Crippen LogP contribution in [0.1, 0.15) is 24.8 Å². The van der Waals surface area contributed by atoms with Crippen molar-refractivity contribution in [2.24, 2.45) is 0 Å². The highest BCUT2D eigenvalue weighted by molar-refractivity contribution is 5.78. The number of pyridine rings is 1. The van der Waals surface area contributed by atoms with Gasteiger partial charge in [0.25, 0.3) is 12.0 Å². The van der Waals surface area contributed by atoms with Crippen LogP contribution in [0.5, 0.6) is 0 Å². The second kappa shape index (κ2) is 13.1. The maximum atomic E-state index is 12.2. The smallest absolute Gasteiger partial charge is 0.290 e. The van der Waals surface area contributed by atoms with E-state index in [1.54, 1.807) is 23.2 Å². The Morgan fingerprint density at radius 1 is 1.36 bits per heavy atom. The van der Waals surface area contributed by atoms with Crippen molar-refractivity contribution in [2.45, 2.75) is 32.2 Å². The Balaban J connectivity index is 0.00000115. The molecule has 1 atom stereocenters. The Bertz CT molecular complexity index is 1140. The van der Waals surface area contributed by atoms with Gasteiger partial charge in [0.1, 0.15) is 23.7 Å². The van der Waals surface area contributed by atoms with Crippen molar-refractivity contribution in [1.82, 2.24) is 19.9 Å². The Morgan fingerprint density at radius 2 is 2.11 bits per heavy atom. The molecule has 2 aliphatic rings. The van der Waals surface area contributed by atoms with Crippen molar-refractivity contribution in [3.8, 4) is 6.07 Å². The largest absolute Gasteiger partial charge is 0.483 e. The van der Waals surface area contributed by atoms with E-state index in [1.165, 1.54) is 0 Å². The number of carbonyl (C=O) groups is 2. The summed E-state index contributed by atoms with van der Waals surface area (Å²) >= 11 is 0. The minimum absolute atomic E-state index is 0.000472. The number of H-pyrrole nitrogens is 1. The Kier molecular flexibility index (Phi) is 9.58. The van der Waals surface area contributed by atoms with Gasteiger partial charge in [-0.05, 0) is 31.9 Å². The summed E-state index contributed by atoms with van der Waals surface area (Å²) in [5, 5.41) is 22.3. The number of hydrogen-bond donors (Lipinski definition) is 4. The van der Waals surface area contributed by atoms with Crippen LogP contribution in [0.15, 0.2) is 23.1 Å². The van der Waals surface area contributed by atoms with Crippen molar-refractivity contribution < 1.29 is 19.4 Å². The molecule has 13 nitrogen and oxygen atoms in total. The molecule has 2 aromatic heterocycles. The molecular weight excluding hydrogens is 468 g/mol. The van der Waals surface area contributed by atoms with Crippen molar-refractivity contribution in [3.05, 3.63) is 34.2 Å². The van der Waals surface area contributed by atoms with Crippen LogP contribution in [0.25, 0.3) is 0 Å². The predicted octanol–water partition coefficient (Wildman–Crippen LogP) is 1.07. The van der Waals surface area contributed by atoms with Gasteiger partial charge in [-0.3, -0.25) is 14.4 Å². The second-order valence-corrected chi connectivity index (χ2v) is 8.25. The average Bonchev–Trinajstić information content (AvgIpc) is 2.88. The van der Waals surface area contributed by atoms with Crippen molar-refractivity contribution >= 4 is 35.7 Å². The lowest BCUT2D eigenvalue weighted by molar-refractivity contribution is -0.131. The Hall–Kier alpha value is -4.18. The first kappa shape index (κ1) is 26.4. The number of amides is 1. The molecule has 4 N–H and O–H groups in total. The lowest BCUT2D eigenvalue weighted by atomic mass is 10.0. The van der Waals surface area contributed by atoms with E-state index >= 15 is 0 Å². The number of aromatic nitrogens is 3. The number of ether oxygens (including phenoxy) is 1. The highest BCUT2D eigenvalue weighted by Gasteiger charge is 2.26. The zero-order valence-electron chi connectivity index (χ0n) is 20.1. The zero-order chi connectivity index (χ0) is 25.9. The monoisotopic (exact) mass is 498 g/mol. The summed E-state index contributed by atoms with van der Waals surface area (Å²) in [5.74, 6) is 1.59. The third-order valence-corrected chi connectivity index (χ3v) is 5.84. The van der Waals surface area contributed by atoms with E-state index < -0.39 is 0 Å². The van der Waals surface area contributed by atoms with Gasteiger partial charge in [0.15, 0.2) is 0 Å². The number of anilines is 4. The highest BCUT2D eigenvalue weighted by Crippen LogP contribution is 2.28. The fourth-order valence-corrected chi connectivity index (χ4v) is 4.12. The van der Waals surface area contributed by atoms with Gasteiger partial charge in [-0.25, -0.2) is 0 Å². The summed E-state index contributed by atoms with van der Waals surface area (Å²) in [6, 6.07) is 5.33. The number of carboxylic acid groups (broad SMARTS) is 1. The number of aromatic amines is 1. The van der Waals surface area contributed by atoms with Gasteiger partial charge in [-0.1, -0.05) is 0 Å². The number of likely N-dealkylation sites (tertiary alicyclic amines) is 1. The van der Waals surface area contributed by atoms with E-state index in [9.17, 15) is 9.59 Å². The summed E-state index contributed by atoms with van der Waals surface area (Å²) in [7, 11) is 0. The van der Waals surface area contributed by atoms with E-state index in [4.69, 9.17) is 24.9 Å². The summed E-state index contributed by atoms with van der Waals surface area (Å²) < 4.78 is 5.49. The van der Waals surface area contributed by atoms with Crippen molar-refractivity contribution in [1.29, 1.82) is 5.26 Å². The van der Waals surface area contributed by atoms with E-state index in [0.717, 1.165) is 24.2 Å². The fraction of sp³-hybridized carbons (Fsp3) is 0.478. The van der Waals surface area contributed by atoms with Crippen LogP contribution in [0.2, 0.25) is 0 Å². The van der Waals surface area contributed by atoms with Gasteiger partial charge in [0.2, 0.25) is 11.9 Å². The lowest BCUT2D eigenvalue weighted by Crippen LogP contribution is -2.45. The third-order valence-electron chi connectivity index (χ3n) is 5.84. The number of nitrogens with one attached hydrogen (secondary N) is 3. The highest BCUT2D eigenvalue weighted by atomic mass is 16.5. The maximum absolute atomic E-state index is 12.2. The summed E-state index contributed by atoms with van der Waals surface area (Å²) in [5.41, 5.74) is 0.985. The quantitative estimate of drug-likeness (QED) is 0.419. The molecule has 1 amide bonds. The Labute approximate surface area is 208 Å². The maximum Gasteiger partial charge on any atom is 0.290 e. The van der Waals surface area contributed by atoms with Crippen molar-refractivity contribution in [2.75, 3.05) is 54.9 Å². The molecule has 2 aromatic rings. The number of nitrogens with zero attached hydrogens (tertiary/aromatic N) is 5. The molecule has 0 saturated carbocycles. The molecule has 13 heteroatoms.